The van der Waals surface area contributed by atoms with Crippen LogP contribution >= 0.6 is 0 Å². The van der Waals surface area contributed by atoms with E-state index in [1.165, 1.54) is 18.4 Å². The van der Waals surface area contributed by atoms with Gasteiger partial charge in [0.25, 0.3) is 0 Å². The minimum atomic E-state index is -0.0521. The summed E-state index contributed by atoms with van der Waals surface area (Å²) in [5, 5.41) is 3.53. The van der Waals surface area contributed by atoms with E-state index in [0.29, 0.717) is 11.8 Å². The molecule has 1 aliphatic heterocycles. The Hall–Kier alpha value is -1.35. The fraction of sp³-hybridized carbons (Fsp3) is 0.611. The summed E-state index contributed by atoms with van der Waals surface area (Å²) in [6, 6.07) is 10.3. The van der Waals surface area contributed by atoms with Crippen molar-refractivity contribution in [2.45, 2.75) is 51.7 Å². The molecule has 0 radical (unpaired) electrons. The number of rotatable bonds is 6. The van der Waals surface area contributed by atoms with Gasteiger partial charge >= 0.3 is 0 Å². The number of hydrogen-bond donors (Lipinski definition) is 1. The van der Waals surface area contributed by atoms with E-state index >= 15 is 0 Å². The lowest BCUT2D eigenvalue weighted by molar-refractivity contribution is -0.130. The Morgan fingerprint density at radius 2 is 2.00 bits per heavy atom. The van der Waals surface area contributed by atoms with Crippen molar-refractivity contribution in [1.82, 2.24) is 10.2 Å². The highest BCUT2D eigenvalue weighted by Gasteiger charge is 2.40. The van der Waals surface area contributed by atoms with Crippen LogP contribution in [0.5, 0.6) is 0 Å². The average Bonchev–Trinajstić information content (AvgIpc) is 3.30. The molecule has 1 aliphatic carbocycles. The number of carbonyl (C=O) groups excluding carboxylic acids is 1. The Labute approximate surface area is 127 Å². The predicted octanol–water partition coefficient (Wildman–Crippen LogP) is 2.81. The van der Waals surface area contributed by atoms with Gasteiger partial charge in [-0.05, 0) is 43.1 Å². The Morgan fingerprint density at radius 3 is 2.62 bits per heavy atom. The quantitative estimate of drug-likeness (QED) is 0.872. The summed E-state index contributed by atoms with van der Waals surface area (Å²) < 4.78 is 0. The summed E-state index contributed by atoms with van der Waals surface area (Å²) in [4.78, 5) is 14.8. The second-order valence-corrected chi connectivity index (χ2v) is 6.64. The van der Waals surface area contributed by atoms with Crippen LogP contribution < -0.4 is 5.32 Å². The van der Waals surface area contributed by atoms with Gasteiger partial charge in [-0.15, -0.1) is 0 Å². The largest absolute Gasteiger partial charge is 0.326 e. The van der Waals surface area contributed by atoms with Crippen LogP contribution in [0, 0.1) is 11.8 Å². The molecular weight excluding hydrogens is 260 g/mol. The van der Waals surface area contributed by atoms with Crippen molar-refractivity contribution in [2.75, 3.05) is 6.54 Å². The van der Waals surface area contributed by atoms with Crippen LogP contribution in [-0.2, 0) is 11.2 Å². The maximum atomic E-state index is 12.7. The van der Waals surface area contributed by atoms with Crippen molar-refractivity contribution >= 4 is 5.91 Å². The van der Waals surface area contributed by atoms with Crippen LogP contribution in [0.15, 0.2) is 30.3 Å². The Morgan fingerprint density at radius 1 is 1.29 bits per heavy atom. The van der Waals surface area contributed by atoms with Gasteiger partial charge in [-0.3, -0.25) is 10.1 Å². The first-order valence-corrected chi connectivity index (χ1v) is 8.29. The lowest BCUT2D eigenvalue weighted by atomic mass is 10.0. The van der Waals surface area contributed by atoms with Gasteiger partial charge in [-0.2, -0.15) is 0 Å². The third-order valence-corrected chi connectivity index (χ3v) is 4.93. The number of hydrogen-bond acceptors (Lipinski definition) is 2. The number of nitrogens with zero attached hydrogens (tertiary/aromatic N) is 1. The first kappa shape index (κ1) is 14.6. The molecule has 2 aliphatic rings. The van der Waals surface area contributed by atoms with Crippen LogP contribution in [0.25, 0.3) is 0 Å². The van der Waals surface area contributed by atoms with Gasteiger partial charge in [0.1, 0.15) is 0 Å². The van der Waals surface area contributed by atoms with E-state index in [1.54, 1.807) is 0 Å². The predicted molar refractivity (Wildman–Crippen MR) is 84.7 cm³/mol. The molecule has 0 spiro atoms. The molecule has 1 saturated heterocycles. The highest BCUT2D eigenvalue weighted by atomic mass is 16.2. The van der Waals surface area contributed by atoms with Crippen molar-refractivity contribution in [3.63, 3.8) is 0 Å². The highest BCUT2D eigenvalue weighted by molar-refractivity contribution is 5.84. The molecule has 0 aromatic heterocycles. The molecular formula is C18H26N2O. The fourth-order valence-corrected chi connectivity index (χ4v) is 3.42. The third kappa shape index (κ3) is 3.29. The molecule has 1 heterocycles. The molecule has 1 aromatic carbocycles. The third-order valence-electron chi connectivity index (χ3n) is 4.93. The zero-order chi connectivity index (χ0) is 14.8. The van der Waals surface area contributed by atoms with Crippen LogP contribution in [0.4, 0.5) is 0 Å². The minimum absolute atomic E-state index is 0.0521. The fourth-order valence-electron chi connectivity index (χ4n) is 3.42. The molecule has 3 nitrogen and oxygen atoms in total. The molecule has 1 aromatic rings. The van der Waals surface area contributed by atoms with Crippen LogP contribution in [0.2, 0.25) is 0 Å². The number of amides is 1. The van der Waals surface area contributed by atoms with Crippen LogP contribution in [-0.4, -0.2) is 29.6 Å². The van der Waals surface area contributed by atoms with E-state index in [9.17, 15) is 4.79 Å². The summed E-state index contributed by atoms with van der Waals surface area (Å²) in [7, 11) is 0. The molecule has 21 heavy (non-hydrogen) atoms. The highest BCUT2D eigenvalue weighted by Crippen LogP contribution is 2.37. The van der Waals surface area contributed by atoms with Crippen LogP contribution in [0.3, 0.4) is 0 Å². The van der Waals surface area contributed by atoms with Crippen molar-refractivity contribution in [2.24, 2.45) is 11.8 Å². The normalized spacial score (nSPS) is 27.1. The summed E-state index contributed by atoms with van der Waals surface area (Å²) in [6.07, 6.45) is 4.69. The van der Waals surface area contributed by atoms with Gasteiger partial charge in [-0.1, -0.05) is 44.2 Å². The van der Waals surface area contributed by atoms with E-state index in [-0.39, 0.29) is 12.2 Å². The minimum Gasteiger partial charge on any atom is -0.326 e. The van der Waals surface area contributed by atoms with Gasteiger partial charge in [0, 0.05) is 6.54 Å². The van der Waals surface area contributed by atoms with Crippen LogP contribution in [0.1, 0.15) is 38.7 Å². The smallest absolute Gasteiger partial charge is 0.241 e. The van der Waals surface area contributed by atoms with E-state index in [1.807, 2.05) is 18.2 Å². The summed E-state index contributed by atoms with van der Waals surface area (Å²) in [6.45, 7) is 5.37. The molecule has 1 saturated carbocycles. The summed E-state index contributed by atoms with van der Waals surface area (Å²) in [5.74, 6) is 1.78. The molecule has 3 unspecified atom stereocenters. The second kappa shape index (κ2) is 6.18. The molecule has 114 valence electrons. The lowest BCUT2D eigenvalue weighted by Crippen LogP contribution is -2.39. The number of nitrogens with one attached hydrogen (secondary N) is 1. The van der Waals surface area contributed by atoms with Gasteiger partial charge in [0.15, 0.2) is 0 Å². The van der Waals surface area contributed by atoms with Gasteiger partial charge < -0.3 is 4.90 Å². The van der Waals surface area contributed by atoms with Gasteiger partial charge in [0.2, 0.25) is 5.91 Å². The van der Waals surface area contributed by atoms with Crippen molar-refractivity contribution in [1.29, 1.82) is 0 Å². The molecule has 0 bridgehead atoms. The van der Waals surface area contributed by atoms with Gasteiger partial charge in [0.05, 0.1) is 12.2 Å². The Kier molecular flexibility index (Phi) is 4.29. The SMILES string of the molecule is CCC1NC(Cc2ccccc2)C(=O)N1CC(C)C1CC1. The van der Waals surface area contributed by atoms with E-state index in [4.69, 9.17) is 0 Å². The number of carbonyl (C=O) groups is 1. The zero-order valence-corrected chi connectivity index (χ0v) is 13.1. The Balaban J connectivity index is 1.65. The average molecular weight is 286 g/mol. The Bertz CT molecular complexity index is 483. The topological polar surface area (TPSA) is 32.3 Å². The van der Waals surface area contributed by atoms with E-state index < -0.39 is 0 Å². The summed E-state index contributed by atoms with van der Waals surface area (Å²) in [5.41, 5.74) is 1.23. The zero-order valence-electron chi connectivity index (χ0n) is 13.1. The standard InChI is InChI=1S/C18H26N2O/c1-3-17-19-16(11-14-7-5-4-6-8-14)18(21)20(17)12-13(2)15-9-10-15/h4-8,13,15-17,19H,3,9-12H2,1-2H3. The molecule has 3 atom stereocenters. The number of benzene rings is 1. The van der Waals surface area contributed by atoms with E-state index in [2.05, 4.69) is 36.2 Å². The van der Waals surface area contributed by atoms with Crippen molar-refractivity contribution in [3.05, 3.63) is 35.9 Å². The maximum Gasteiger partial charge on any atom is 0.241 e. The molecule has 2 fully saturated rings. The first-order valence-electron chi connectivity index (χ1n) is 8.29. The van der Waals surface area contributed by atoms with Crippen molar-refractivity contribution < 1.29 is 4.79 Å². The molecule has 3 rings (SSSR count). The maximum absolute atomic E-state index is 12.7. The molecule has 1 amide bonds. The molecule has 3 heteroatoms. The second-order valence-electron chi connectivity index (χ2n) is 6.64. The lowest BCUT2D eigenvalue weighted by Gasteiger charge is -2.26. The monoisotopic (exact) mass is 286 g/mol. The molecule has 1 N–H and O–H groups in total. The van der Waals surface area contributed by atoms with E-state index in [0.717, 1.165) is 25.3 Å². The summed E-state index contributed by atoms with van der Waals surface area (Å²) >= 11 is 0. The van der Waals surface area contributed by atoms with Crippen molar-refractivity contribution in [3.8, 4) is 0 Å². The first-order chi connectivity index (χ1) is 10.2. The van der Waals surface area contributed by atoms with Gasteiger partial charge in [-0.25, -0.2) is 0 Å².